The second kappa shape index (κ2) is 8.94. The molecule has 168 valence electrons. The summed E-state index contributed by atoms with van der Waals surface area (Å²) in [4.78, 5) is 30.6. The number of imide groups is 1. The zero-order chi connectivity index (χ0) is 23.7. The Morgan fingerprint density at radius 1 is 0.848 bits per heavy atom. The molecule has 1 aliphatic heterocycles. The van der Waals surface area contributed by atoms with E-state index in [0.29, 0.717) is 22.5 Å². The van der Waals surface area contributed by atoms with Gasteiger partial charge in [-0.05, 0) is 69.2 Å². The average Bonchev–Trinajstić information content (AvgIpc) is 3.04. The number of carbonyl (C=O) groups is 2. The van der Waals surface area contributed by atoms with E-state index in [0.717, 1.165) is 22.6 Å². The summed E-state index contributed by atoms with van der Waals surface area (Å²) in [5.74, 6) is 0.0494. The molecule has 2 amide bonds. The first-order valence-electron chi connectivity index (χ1n) is 11.0. The van der Waals surface area contributed by atoms with Crippen molar-refractivity contribution in [1.29, 1.82) is 0 Å². The molecule has 0 atom stereocenters. The van der Waals surface area contributed by atoms with Gasteiger partial charge in [0.25, 0.3) is 11.8 Å². The summed E-state index contributed by atoms with van der Waals surface area (Å²) in [6, 6.07) is 22.6. The maximum atomic E-state index is 13.8. The standard InChI is InChI=1S/C28H28N2O3/c1-18(2)33-23-14-12-21(13-15-23)25-26(29(5)22-9-7-6-8-10-22)28(32)30(27(25)31)24-16-11-19(3)17-20(24)4/h6-18H,1-5H3. The molecule has 3 aromatic rings. The van der Waals surface area contributed by atoms with Crippen LogP contribution in [0.1, 0.15) is 30.5 Å². The van der Waals surface area contributed by atoms with Crippen molar-refractivity contribution >= 4 is 28.8 Å². The number of hydrogen-bond acceptors (Lipinski definition) is 4. The quantitative estimate of drug-likeness (QED) is 0.474. The summed E-state index contributed by atoms with van der Waals surface area (Å²) in [5, 5.41) is 0. The van der Waals surface area contributed by atoms with E-state index >= 15 is 0 Å². The number of likely N-dealkylation sites (N-methyl/N-ethyl adjacent to an activating group) is 1. The van der Waals surface area contributed by atoms with Crippen LogP contribution in [0, 0.1) is 13.8 Å². The minimum absolute atomic E-state index is 0.0459. The fourth-order valence-corrected chi connectivity index (χ4v) is 4.12. The van der Waals surface area contributed by atoms with Crippen LogP contribution in [-0.2, 0) is 9.59 Å². The largest absolute Gasteiger partial charge is 0.491 e. The van der Waals surface area contributed by atoms with Crippen LogP contribution in [0.25, 0.3) is 5.57 Å². The van der Waals surface area contributed by atoms with E-state index in [2.05, 4.69) is 0 Å². The third kappa shape index (κ3) is 4.27. The highest BCUT2D eigenvalue weighted by atomic mass is 16.5. The van der Waals surface area contributed by atoms with E-state index in [1.54, 1.807) is 4.90 Å². The normalized spacial score (nSPS) is 13.8. The summed E-state index contributed by atoms with van der Waals surface area (Å²) in [6.45, 7) is 7.83. The number of aryl methyl sites for hydroxylation is 2. The predicted octanol–water partition coefficient (Wildman–Crippen LogP) is 5.51. The van der Waals surface area contributed by atoms with Crippen molar-refractivity contribution in [2.45, 2.75) is 33.8 Å². The number of anilines is 2. The van der Waals surface area contributed by atoms with Gasteiger partial charge in [-0.2, -0.15) is 0 Å². The topological polar surface area (TPSA) is 49.9 Å². The smallest absolute Gasteiger partial charge is 0.282 e. The lowest BCUT2D eigenvalue weighted by Crippen LogP contribution is -2.34. The van der Waals surface area contributed by atoms with Gasteiger partial charge >= 0.3 is 0 Å². The van der Waals surface area contributed by atoms with Gasteiger partial charge in [0, 0.05) is 12.7 Å². The Balaban J connectivity index is 1.84. The van der Waals surface area contributed by atoms with Gasteiger partial charge in [-0.1, -0.05) is 48.0 Å². The zero-order valence-electron chi connectivity index (χ0n) is 19.6. The summed E-state index contributed by atoms with van der Waals surface area (Å²) in [6.07, 6.45) is 0.0459. The lowest BCUT2D eigenvalue weighted by molar-refractivity contribution is -0.120. The van der Waals surface area contributed by atoms with Crippen molar-refractivity contribution in [3.05, 3.63) is 95.2 Å². The van der Waals surface area contributed by atoms with E-state index < -0.39 is 0 Å². The molecular formula is C28H28N2O3. The first-order chi connectivity index (χ1) is 15.8. The van der Waals surface area contributed by atoms with Gasteiger partial charge in [-0.3, -0.25) is 9.59 Å². The van der Waals surface area contributed by atoms with Crippen molar-refractivity contribution in [2.24, 2.45) is 0 Å². The average molecular weight is 441 g/mol. The molecule has 1 heterocycles. The minimum Gasteiger partial charge on any atom is -0.491 e. The van der Waals surface area contributed by atoms with Crippen molar-refractivity contribution < 1.29 is 14.3 Å². The number of benzene rings is 3. The molecular weight excluding hydrogens is 412 g/mol. The Hall–Kier alpha value is -3.86. The molecule has 0 aliphatic carbocycles. The van der Waals surface area contributed by atoms with E-state index in [1.807, 2.05) is 108 Å². The Bertz CT molecular complexity index is 1230. The van der Waals surface area contributed by atoms with Crippen molar-refractivity contribution in [3.63, 3.8) is 0 Å². The van der Waals surface area contributed by atoms with Crippen LogP contribution in [0.15, 0.2) is 78.5 Å². The van der Waals surface area contributed by atoms with Gasteiger partial charge < -0.3 is 9.64 Å². The highest BCUT2D eigenvalue weighted by Gasteiger charge is 2.42. The van der Waals surface area contributed by atoms with E-state index in [1.165, 1.54) is 4.90 Å². The molecule has 5 heteroatoms. The summed E-state index contributed by atoms with van der Waals surface area (Å²) in [7, 11) is 1.82. The number of nitrogens with zero attached hydrogens (tertiary/aromatic N) is 2. The molecule has 1 aliphatic rings. The third-order valence-corrected chi connectivity index (χ3v) is 5.65. The van der Waals surface area contributed by atoms with Gasteiger partial charge in [0.15, 0.2) is 0 Å². The van der Waals surface area contributed by atoms with Crippen LogP contribution in [0.3, 0.4) is 0 Å². The highest BCUT2D eigenvalue weighted by molar-refractivity contribution is 6.46. The molecule has 0 fully saturated rings. The molecule has 0 N–H and O–H groups in total. The Kier molecular flexibility index (Phi) is 6.05. The number of para-hydroxylation sites is 1. The molecule has 0 saturated carbocycles. The Morgan fingerprint density at radius 3 is 2.12 bits per heavy atom. The summed E-state index contributed by atoms with van der Waals surface area (Å²) >= 11 is 0. The summed E-state index contributed by atoms with van der Waals surface area (Å²) in [5.41, 5.74) is 4.78. The highest BCUT2D eigenvalue weighted by Crippen LogP contribution is 2.37. The van der Waals surface area contributed by atoms with Crippen LogP contribution >= 0.6 is 0 Å². The number of carbonyl (C=O) groups excluding carboxylic acids is 2. The molecule has 33 heavy (non-hydrogen) atoms. The molecule has 0 spiro atoms. The fraction of sp³-hybridized carbons (Fsp3) is 0.214. The molecule has 5 nitrogen and oxygen atoms in total. The maximum Gasteiger partial charge on any atom is 0.282 e. The SMILES string of the molecule is Cc1ccc(N2C(=O)C(c3ccc(OC(C)C)cc3)=C(N(C)c3ccccc3)C2=O)c(C)c1. The van der Waals surface area contributed by atoms with Crippen molar-refractivity contribution in [1.82, 2.24) is 0 Å². The summed E-state index contributed by atoms with van der Waals surface area (Å²) < 4.78 is 5.75. The first kappa shape index (κ1) is 22.3. The van der Waals surface area contributed by atoms with E-state index in [4.69, 9.17) is 4.74 Å². The molecule has 0 saturated heterocycles. The number of hydrogen-bond donors (Lipinski definition) is 0. The zero-order valence-corrected chi connectivity index (χ0v) is 19.6. The number of rotatable bonds is 6. The van der Waals surface area contributed by atoms with Crippen molar-refractivity contribution in [3.8, 4) is 5.75 Å². The van der Waals surface area contributed by atoms with Crippen LogP contribution < -0.4 is 14.5 Å². The van der Waals surface area contributed by atoms with Crippen LogP contribution in [0.5, 0.6) is 5.75 Å². The van der Waals surface area contributed by atoms with Crippen molar-refractivity contribution in [2.75, 3.05) is 16.8 Å². The number of ether oxygens (including phenoxy) is 1. The molecule has 4 rings (SSSR count). The molecule has 0 bridgehead atoms. The van der Waals surface area contributed by atoms with Gasteiger partial charge in [0.2, 0.25) is 0 Å². The van der Waals surface area contributed by atoms with Gasteiger partial charge in [0.1, 0.15) is 11.4 Å². The Morgan fingerprint density at radius 2 is 1.52 bits per heavy atom. The van der Waals surface area contributed by atoms with Gasteiger partial charge in [-0.15, -0.1) is 0 Å². The lowest BCUT2D eigenvalue weighted by atomic mass is 10.0. The third-order valence-electron chi connectivity index (χ3n) is 5.65. The van der Waals surface area contributed by atoms with Gasteiger partial charge in [-0.25, -0.2) is 4.90 Å². The fourth-order valence-electron chi connectivity index (χ4n) is 4.12. The van der Waals surface area contributed by atoms with E-state index in [9.17, 15) is 9.59 Å². The first-order valence-corrected chi connectivity index (χ1v) is 11.0. The monoisotopic (exact) mass is 440 g/mol. The minimum atomic E-state index is -0.337. The molecule has 0 unspecified atom stereocenters. The lowest BCUT2D eigenvalue weighted by Gasteiger charge is -2.22. The molecule has 0 aromatic heterocycles. The van der Waals surface area contributed by atoms with Crippen LogP contribution in [0.4, 0.5) is 11.4 Å². The second-order valence-corrected chi connectivity index (χ2v) is 8.54. The van der Waals surface area contributed by atoms with Crippen LogP contribution in [-0.4, -0.2) is 25.0 Å². The Labute approximate surface area is 194 Å². The second-order valence-electron chi connectivity index (χ2n) is 8.54. The molecule has 3 aromatic carbocycles. The molecule has 0 radical (unpaired) electrons. The number of amides is 2. The van der Waals surface area contributed by atoms with Gasteiger partial charge in [0.05, 0.1) is 17.4 Å². The maximum absolute atomic E-state index is 13.8. The van der Waals surface area contributed by atoms with Crippen LogP contribution in [0.2, 0.25) is 0 Å². The predicted molar refractivity (Wildman–Crippen MR) is 132 cm³/mol. The van der Waals surface area contributed by atoms with E-state index in [-0.39, 0.29) is 17.9 Å².